The number of pyridine rings is 1. The third-order valence-electron chi connectivity index (χ3n) is 5.20. The van der Waals surface area contributed by atoms with Crippen LogP contribution < -0.4 is 5.32 Å². The maximum Gasteiger partial charge on any atom is 0.252 e. The number of benzene rings is 1. The van der Waals surface area contributed by atoms with Crippen LogP contribution in [0.2, 0.25) is 0 Å². The second kappa shape index (κ2) is 8.10. The highest BCUT2D eigenvalue weighted by atomic mass is 16.1. The van der Waals surface area contributed by atoms with Crippen LogP contribution in [0.4, 0.5) is 0 Å². The summed E-state index contributed by atoms with van der Waals surface area (Å²) in [5.41, 5.74) is 5.35. The molecule has 148 valence electrons. The summed E-state index contributed by atoms with van der Waals surface area (Å²) in [6.07, 6.45) is 0. The average Bonchev–Trinajstić information content (AvgIpc) is 2.93. The smallest absolute Gasteiger partial charge is 0.252 e. The van der Waals surface area contributed by atoms with E-state index >= 15 is 0 Å². The summed E-state index contributed by atoms with van der Waals surface area (Å²) in [5, 5.41) is 8.33. The van der Waals surface area contributed by atoms with Crippen molar-refractivity contribution in [2.24, 2.45) is 7.05 Å². The summed E-state index contributed by atoms with van der Waals surface area (Å²) in [4.78, 5) is 19.8. The van der Waals surface area contributed by atoms with Crippen LogP contribution in [0.25, 0.3) is 11.0 Å². The number of carbonyl (C=O) groups is 1. The first-order valence-corrected chi connectivity index (χ1v) is 9.64. The Morgan fingerprint density at radius 2 is 1.89 bits per heavy atom. The van der Waals surface area contributed by atoms with Gasteiger partial charge in [0, 0.05) is 31.9 Å². The normalized spacial score (nSPS) is 11.6. The van der Waals surface area contributed by atoms with Crippen LogP contribution in [-0.2, 0) is 20.1 Å². The van der Waals surface area contributed by atoms with Crippen molar-refractivity contribution in [2.45, 2.75) is 46.8 Å². The van der Waals surface area contributed by atoms with Gasteiger partial charge in [-0.25, -0.2) is 4.98 Å². The molecule has 1 N–H and O–H groups in total. The zero-order valence-corrected chi connectivity index (χ0v) is 17.6. The highest BCUT2D eigenvalue weighted by Crippen LogP contribution is 2.22. The van der Waals surface area contributed by atoms with Crippen molar-refractivity contribution >= 4 is 16.9 Å². The van der Waals surface area contributed by atoms with Gasteiger partial charge in [0.2, 0.25) is 0 Å². The number of nitrogens with zero attached hydrogens (tertiary/aromatic N) is 4. The second-order valence-corrected chi connectivity index (χ2v) is 7.68. The van der Waals surface area contributed by atoms with Crippen molar-refractivity contribution in [3.63, 3.8) is 0 Å². The molecule has 0 atom stereocenters. The molecule has 3 aromatic rings. The van der Waals surface area contributed by atoms with E-state index in [9.17, 15) is 4.79 Å². The molecule has 6 heteroatoms. The molecule has 0 fully saturated rings. The minimum absolute atomic E-state index is 0.0985. The summed E-state index contributed by atoms with van der Waals surface area (Å²) in [5.74, 6) is -0.0985. The Bertz CT molecular complexity index is 1010. The van der Waals surface area contributed by atoms with E-state index in [1.807, 2.05) is 39.1 Å². The van der Waals surface area contributed by atoms with Gasteiger partial charge < -0.3 is 5.32 Å². The third-order valence-corrected chi connectivity index (χ3v) is 5.20. The number of nitrogens with one attached hydrogen (secondary N) is 1. The maximum absolute atomic E-state index is 13.0. The van der Waals surface area contributed by atoms with Gasteiger partial charge in [-0.05, 0) is 51.9 Å². The van der Waals surface area contributed by atoms with Gasteiger partial charge in [-0.1, -0.05) is 24.3 Å². The van der Waals surface area contributed by atoms with Crippen molar-refractivity contribution in [3.8, 4) is 0 Å². The SMILES string of the molecule is Cc1cc(C(=O)NCc2ccccc2CN(C)C(C)C)c2c(C)nn(C)c2n1. The Morgan fingerprint density at radius 3 is 2.57 bits per heavy atom. The summed E-state index contributed by atoms with van der Waals surface area (Å²) < 4.78 is 1.73. The molecule has 1 aromatic carbocycles. The van der Waals surface area contributed by atoms with Crippen LogP contribution in [0.1, 0.15) is 46.7 Å². The Balaban J connectivity index is 1.83. The number of fused-ring (bicyclic) bond motifs is 1. The Hall–Kier alpha value is -2.73. The quantitative estimate of drug-likeness (QED) is 0.713. The molecule has 3 rings (SSSR count). The lowest BCUT2D eigenvalue weighted by atomic mass is 10.1. The van der Waals surface area contributed by atoms with Crippen molar-refractivity contribution in [1.82, 2.24) is 25.0 Å². The van der Waals surface area contributed by atoms with E-state index in [-0.39, 0.29) is 5.91 Å². The van der Waals surface area contributed by atoms with Gasteiger partial charge >= 0.3 is 0 Å². The summed E-state index contributed by atoms with van der Waals surface area (Å²) in [6, 6.07) is 10.6. The predicted octanol–water partition coefficient (Wildman–Crippen LogP) is 3.36. The van der Waals surface area contributed by atoms with E-state index in [0.29, 0.717) is 18.2 Å². The highest BCUT2D eigenvalue weighted by molar-refractivity contribution is 6.06. The molecule has 28 heavy (non-hydrogen) atoms. The molecule has 0 radical (unpaired) electrons. The zero-order chi connectivity index (χ0) is 20.4. The fourth-order valence-corrected chi connectivity index (χ4v) is 3.36. The van der Waals surface area contributed by atoms with Crippen molar-refractivity contribution in [3.05, 3.63) is 58.4 Å². The molecular formula is C22H29N5O. The summed E-state index contributed by atoms with van der Waals surface area (Å²) >= 11 is 0. The first-order valence-electron chi connectivity index (χ1n) is 9.64. The van der Waals surface area contributed by atoms with Crippen LogP contribution in [-0.4, -0.2) is 38.7 Å². The maximum atomic E-state index is 13.0. The second-order valence-electron chi connectivity index (χ2n) is 7.68. The van der Waals surface area contributed by atoms with E-state index in [1.165, 1.54) is 5.56 Å². The van der Waals surface area contributed by atoms with Crippen molar-refractivity contribution in [1.29, 1.82) is 0 Å². The summed E-state index contributed by atoms with van der Waals surface area (Å²) in [7, 11) is 3.96. The number of rotatable bonds is 6. The molecule has 0 unspecified atom stereocenters. The molecule has 0 spiro atoms. The average molecular weight is 380 g/mol. The van der Waals surface area contributed by atoms with Gasteiger partial charge in [-0.15, -0.1) is 0 Å². The van der Waals surface area contributed by atoms with Gasteiger partial charge in [-0.3, -0.25) is 14.4 Å². The van der Waals surface area contributed by atoms with E-state index in [0.717, 1.165) is 34.5 Å². The molecular weight excluding hydrogens is 350 g/mol. The zero-order valence-electron chi connectivity index (χ0n) is 17.6. The largest absolute Gasteiger partial charge is 0.348 e. The van der Waals surface area contributed by atoms with Crippen molar-refractivity contribution < 1.29 is 4.79 Å². The highest BCUT2D eigenvalue weighted by Gasteiger charge is 2.18. The first-order chi connectivity index (χ1) is 13.3. The molecule has 0 aliphatic heterocycles. The number of aryl methyl sites for hydroxylation is 3. The van der Waals surface area contributed by atoms with Gasteiger partial charge in [0.25, 0.3) is 5.91 Å². The standard InChI is InChI=1S/C22H29N5O/c1-14(2)26(5)13-18-10-8-7-9-17(18)12-23-22(28)19-11-15(3)24-21-20(19)16(4)25-27(21)6/h7-11,14H,12-13H2,1-6H3,(H,23,28). The molecule has 2 heterocycles. The van der Waals surface area contributed by atoms with Gasteiger partial charge in [0.05, 0.1) is 16.6 Å². The molecule has 0 aliphatic carbocycles. The molecule has 0 saturated carbocycles. The molecule has 1 amide bonds. The Labute approximate surface area is 166 Å². The predicted molar refractivity (Wildman–Crippen MR) is 112 cm³/mol. The van der Waals surface area contributed by atoms with Gasteiger partial charge in [0.15, 0.2) is 5.65 Å². The lowest BCUT2D eigenvalue weighted by molar-refractivity contribution is 0.0952. The van der Waals surface area contributed by atoms with Gasteiger partial charge in [0.1, 0.15) is 0 Å². The lowest BCUT2D eigenvalue weighted by Crippen LogP contribution is -2.28. The van der Waals surface area contributed by atoms with Crippen molar-refractivity contribution in [2.75, 3.05) is 7.05 Å². The fraction of sp³-hybridized carbons (Fsp3) is 0.409. The van der Waals surface area contributed by atoms with E-state index in [4.69, 9.17) is 0 Å². The first kappa shape index (κ1) is 20.0. The minimum atomic E-state index is -0.0985. The minimum Gasteiger partial charge on any atom is -0.348 e. The monoisotopic (exact) mass is 379 g/mol. The molecule has 0 bridgehead atoms. The molecule has 0 saturated heterocycles. The number of carbonyl (C=O) groups excluding carboxylic acids is 1. The van der Waals surface area contributed by atoms with Crippen LogP contribution in [0, 0.1) is 13.8 Å². The van der Waals surface area contributed by atoms with Crippen LogP contribution in [0.5, 0.6) is 0 Å². The topological polar surface area (TPSA) is 63.1 Å². The van der Waals surface area contributed by atoms with Gasteiger partial charge in [-0.2, -0.15) is 5.10 Å². The van der Waals surface area contributed by atoms with E-state index < -0.39 is 0 Å². The summed E-state index contributed by atoms with van der Waals surface area (Å²) in [6.45, 7) is 9.51. The molecule has 0 aliphatic rings. The lowest BCUT2D eigenvalue weighted by Gasteiger charge is -2.22. The number of aromatic nitrogens is 3. The number of hydrogen-bond acceptors (Lipinski definition) is 4. The molecule has 6 nitrogen and oxygen atoms in total. The molecule has 2 aromatic heterocycles. The number of amides is 1. The fourth-order valence-electron chi connectivity index (χ4n) is 3.36. The number of hydrogen-bond donors (Lipinski definition) is 1. The third kappa shape index (κ3) is 4.07. The van der Waals surface area contributed by atoms with Crippen LogP contribution in [0.15, 0.2) is 30.3 Å². The Morgan fingerprint density at radius 1 is 1.21 bits per heavy atom. The van der Waals surface area contributed by atoms with E-state index in [2.05, 4.69) is 53.3 Å². The van der Waals surface area contributed by atoms with Crippen LogP contribution >= 0.6 is 0 Å². The Kier molecular flexibility index (Phi) is 5.79. The van der Waals surface area contributed by atoms with E-state index in [1.54, 1.807) is 4.68 Å². The van der Waals surface area contributed by atoms with Crippen LogP contribution in [0.3, 0.4) is 0 Å².